The third kappa shape index (κ3) is 3.79. The molecule has 1 atom stereocenters. The highest BCUT2D eigenvalue weighted by molar-refractivity contribution is 6.35. The highest BCUT2D eigenvalue weighted by atomic mass is 35.5. The van der Waals surface area contributed by atoms with Gasteiger partial charge in [-0.05, 0) is 42.1 Å². The van der Waals surface area contributed by atoms with Gasteiger partial charge in [-0.1, -0.05) is 35.9 Å². The number of nitrogens with zero attached hydrogens (tertiary/aromatic N) is 2. The average molecular weight is 422 g/mol. The lowest BCUT2D eigenvalue weighted by atomic mass is 10.1. The average Bonchev–Trinajstić information content (AvgIpc) is 2.73. The van der Waals surface area contributed by atoms with Gasteiger partial charge in [-0.25, -0.2) is 4.98 Å². The van der Waals surface area contributed by atoms with E-state index in [2.05, 4.69) is 20.3 Å². The fourth-order valence-corrected chi connectivity index (χ4v) is 3.59. The van der Waals surface area contributed by atoms with Crippen molar-refractivity contribution in [3.8, 4) is 16.9 Å². The topological polar surface area (TPSA) is 106 Å². The Morgan fingerprint density at radius 3 is 2.80 bits per heavy atom. The summed E-state index contributed by atoms with van der Waals surface area (Å²) in [5.41, 5.74) is 7.93. The molecule has 0 saturated heterocycles. The summed E-state index contributed by atoms with van der Waals surface area (Å²) in [6, 6.07) is 14.6. The molecule has 152 valence electrons. The number of nitrogens with one attached hydrogen (secondary N) is 2. The van der Waals surface area contributed by atoms with Gasteiger partial charge in [0.05, 0.1) is 23.6 Å². The van der Waals surface area contributed by atoms with Crippen LogP contribution in [0, 0.1) is 0 Å². The van der Waals surface area contributed by atoms with Gasteiger partial charge >= 0.3 is 0 Å². The van der Waals surface area contributed by atoms with Crippen LogP contribution in [-0.2, 0) is 0 Å². The summed E-state index contributed by atoms with van der Waals surface area (Å²) < 4.78 is 5.32. The molecule has 0 spiro atoms. The monoisotopic (exact) mass is 421 g/mol. The molecule has 0 amide bonds. The Labute approximate surface area is 177 Å². The lowest BCUT2D eigenvalue weighted by molar-refractivity contribution is 0.415. The first kappa shape index (κ1) is 19.7. The predicted molar refractivity (Wildman–Crippen MR) is 120 cm³/mol. The molecule has 2 aromatic carbocycles. The number of nitrogen functional groups attached to an aromatic ring is 1. The number of hydrogen-bond donors (Lipinski definition) is 3. The van der Waals surface area contributed by atoms with Crippen LogP contribution >= 0.6 is 11.6 Å². The van der Waals surface area contributed by atoms with Crippen LogP contribution in [0.1, 0.15) is 18.7 Å². The molecule has 4 rings (SSSR count). The number of ether oxygens (including phenoxy) is 1. The number of halogens is 1. The maximum Gasteiger partial charge on any atom is 0.257 e. The molecule has 2 aromatic heterocycles. The maximum atomic E-state index is 12.6. The van der Waals surface area contributed by atoms with Crippen molar-refractivity contribution >= 4 is 34.1 Å². The maximum absolute atomic E-state index is 12.6. The largest absolute Gasteiger partial charge is 0.497 e. The van der Waals surface area contributed by atoms with Gasteiger partial charge in [0.15, 0.2) is 0 Å². The van der Waals surface area contributed by atoms with Crippen molar-refractivity contribution < 1.29 is 4.74 Å². The summed E-state index contributed by atoms with van der Waals surface area (Å²) >= 11 is 6.18. The Kier molecular flexibility index (Phi) is 5.29. The molecule has 1 unspecified atom stereocenters. The van der Waals surface area contributed by atoms with Crippen LogP contribution in [0.3, 0.4) is 0 Å². The third-order valence-electron chi connectivity index (χ3n) is 4.85. The first-order valence-corrected chi connectivity index (χ1v) is 9.69. The molecular weight excluding hydrogens is 402 g/mol. The van der Waals surface area contributed by atoms with Crippen molar-refractivity contribution in [1.82, 2.24) is 15.0 Å². The molecule has 0 aliphatic heterocycles. The van der Waals surface area contributed by atoms with Gasteiger partial charge in [0.25, 0.3) is 5.56 Å². The molecule has 0 aliphatic rings. The van der Waals surface area contributed by atoms with Crippen molar-refractivity contribution in [3.63, 3.8) is 0 Å². The molecular formula is C22H20ClN5O2. The Bertz CT molecular complexity index is 1290. The second-order valence-corrected chi connectivity index (χ2v) is 7.25. The number of hydrogen-bond acceptors (Lipinski definition) is 6. The summed E-state index contributed by atoms with van der Waals surface area (Å²) in [6.45, 7) is 1.93. The number of benzene rings is 2. The summed E-state index contributed by atoms with van der Waals surface area (Å²) in [7, 11) is 1.61. The van der Waals surface area contributed by atoms with E-state index in [0.29, 0.717) is 21.9 Å². The van der Waals surface area contributed by atoms with E-state index in [-0.39, 0.29) is 17.5 Å². The quantitative estimate of drug-likeness (QED) is 0.441. The van der Waals surface area contributed by atoms with Crippen molar-refractivity contribution in [1.29, 1.82) is 0 Å². The van der Waals surface area contributed by atoms with Crippen LogP contribution in [0.2, 0.25) is 5.02 Å². The molecule has 7 nitrogen and oxygen atoms in total. The Morgan fingerprint density at radius 2 is 2.00 bits per heavy atom. The minimum absolute atomic E-state index is 0.148. The van der Waals surface area contributed by atoms with E-state index in [1.54, 1.807) is 19.4 Å². The van der Waals surface area contributed by atoms with Gasteiger partial charge in [-0.2, -0.15) is 4.98 Å². The molecule has 4 aromatic rings. The summed E-state index contributed by atoms with van der Waals surface area (Å²) in [5, 5.41) is 5.00. The minimum atomic E-state index is -0.264. The number of H-pyrrole nitrogens is 1. The number of aromatic nitrogens is 3. The van der Waals surface area contributed by atoms with E-state index < -0.39 is 0 Å². The molecule has 0 fully saturated rings. The number of rotatable bonds is 5. The van der Waals surface area contributed by atoms with Crippen LogP contribution in [-0.4, -0.2) is 22.1 Å². The summed E-state index contributed by atoms with van der Waals surface area (Å²) in [5.74, 6) is 1.42. The van der Waals surface area contributed by atoms with Crippen molar-refractivity contribution in [2.24, 2.45) is 0 Å². The van der Waals surface area contributed by atoms with Gasteiger partial charge in [0.1, 0.15) is 11.6 Å². The zero-order chi connectivity index (χ0) is 21.3. The number of fused-ring (bicyclic) bond motifs is 1. The van der Waals surface area contributed by atoms with Crippen LogP contribution < -0.4 is 21.3 Å². The second-order valence-electron chi connectivity index (χ2n) is 6.85. The molecule has 0 aliphatic carbocycles. The van der Waals surface area contributed by atoms with E-state index in [1.165, 1.54) is 0 Å². The SMILES string of the molecule is COc1cccc(-c2cnc(N)nc2NC(C)c2cc3cccc(Cl)c3c(=O)[nH]2)c1. The van der Waals surface area contributed by atoms with Gasteiger partial charge in [-0.3, -0.25) is 4.79 Å². The molecule has 0 bridgehead atoms. The second kappa shape index (κ2) is 8.04. The molecule has 2 heterocycles. The standard InChI is InChI=1S/C22H20ClN5O2/c1-12(18-10-14-6-4-8-17(23)19(14)21(29)27-18)26-20-16(11-25-22(24)28-20)13-5-3-7-15(9-13)30-2/h3-12H,1-2H3,(H,27,29)(H3,24,25,26,28). The van der Waals surface area contributed by atoms with E-state index in [9.17, 15) is 4.79 Å². The van der Waals surface area contributed by atoms with Crippen molar-refractivity contribution in [2.75, 3.05) is 18.2 Å². The highest BCUT2D eigenvalue weighted by Gasteiger charge is 2.15. The summed E-state index contributed by atoms with van der Waals surface area (Å²) in [6.07, 6.45) is 1.66. The van der Waals surface area contributed by atoms with E-state index in [4.69, 9.17) is 22.1 Å². The van der Waals surface area contributed by atoms with E-state index in [0.717, 1.165) is 22.3 Å². The van der Waals surface area contributed by atoms with Crippen LogP contribution in [0.4, 0.5) is 11.8 Å². The van der Waals surface area contributed by atoms with Gasteiger partial charge in [0, 0.05) is 17.5 Å². The third-order valence-corrected chi connectivity index (χ3v) is 5.16. The predicted octanol–water partition coefficient (Wildman–Crippen LogP) is 4.40. The van der Waals surface area contributed by atoms with E-state index in [1.807, 2.05) is 49.4 Å². The number of nitrogens with two attached hydrogens (primary N) is 1. The normalized spacial score (nSPS) is 12.0. The van der Waals surface area contributed by atoms with E-state index >= 15 is 0 Å². The van der Waals surface area contributed by atoms with Crippen molar-refractivity contribution in [2.45, 2.75) is 13.0 Å². The molecule has 8 heteroatoms. The molecule has 0 radical (unpaired) electrons. The van der Waals surface area contributed by atoms with Gasteiger partial charge in [-0.15, -0.1) is 0 Å². The lowest BCUT2D eigenvalue weighted by Gasteiger charge is -2.18. The fourth-order valence-electron chi connectivity index (χ4n) is 3.32. The van der Waals surface area contributed by atoms with Crippen molar-refractivity contribution in [3.05, 3.63) is 75.8 Å². The first-order valence-electron chi connectivity index (χ1n) is 9.31. The Morgan fingerprint density at radius 1 is 1.20 bits per heavy atom. The minimum Gasteiger partial charge on any atom is -0.497 e. The zero-order valence-corrected chi connectivity index (χ0v) is 17.2. The van der Waals surface area contributed by atoms with Crippen LogP contribution in [0.15, 0.2) is 59.5 Å². The Hall–Kier alpha value is -3.58. The fraction of sp³-hybridized carbons (Fsp3) is 0.136. The number of aromatic amines is 1. The zero-order valence-electron chi connectivity index (χ0n) is 16.4. The van der Waals surface area contributed by atoms with Gasteiger partial charge in [0.2, 0.25) is 5.95 Å². The number of pyridine rings is 1. The first-order chi connectivity index (χ1) is 14.5. The molecule has 4 N–H and O–H groups in total. The number of methoxy groups -OCH3 is 1. The van der Waals surface area contributed by atoms with Gasteiger partial charge < -0.3 is 20.8 Å². The smallest absolute Gasteiger partial charge is 0.257 e. The Balaban J connectivity index is 1.73. The summed E-state index contributed by atoms with van der Waals surface area (Å²) in [4.78, 5) is 24.0. The lowest BCUT2D eigenvalue weighted by Crippen LogP contribution is -2.17. The highest BCUT2D eigenvalue weighted by Crippen LogP contribution is 2.31. The molecule has 0 saturated carbocycles. The van der Waals surface area contributed by atoms with Crippen LogP contribution in [0.25, 0.3) is 21.9 Å². The number of anilines is 2. The van der Waals surface area contributed by atoms with Crippen LogP contribution in [0.5, 0.6) is 5.75 Å². The molecule has 30 heavy (non-hydrogen) atoms.